The molecule has 0 saturated heterocycles. The maximum absolute atomic E-state index is 11.9. The predicted octanol–water partition coefficient (Wildman–Crippen LogP) is 1.72. The van der Waals surface area contributed by atoms with Crippen LogP contribution < -0.4 is 19.5 Å². The third kappa shape index (κ3) is 4.26. The fourth-order valence-electron chi connectivity index (χ4n) is 1.98. The first-order valence-electron chi connectivity index (χ1n) is 7.05. The van der Waals surface area contributed by atoms with E-state index in [1.165, 1.54) is 0 Å². The van der Waals surface area contributed by atoms with E-state index in [0.29, 0.717) is 23.9 Å². The average Bonchev–Trinajstić information content (AvgIpc) is 2.90. The van der Waals surface area contributed by atoms with Crippen molar-refractivity contribution in [1.82, 2.24) is 5.32 Å². The Morgan fingerprint density at radius 2 is 2.10 bits per heavy atom. The quantitative estimate of drug-likeness (QED) is 0.773. The Bertz CT molecular complexity index is 489. The van der Waals surface area contributed by atoms with Crippen molar-refractivity contribution in [3.05, 3.63) is 18.2 Å². The van der Waals surface area contributed by atoms with Crippen molar-refractivity contribution in [2.75, 3.05) is 20.0 Å². The Hall–Kier alpha value is -1.95. The summed E-state index contributed by atoms with van der Waals surface area (Å²) >= 11 is 0. The van der Waals surface area contributed by atoms with Gasteiger partial charge in [0, 0.05) is 12.1 Å². The van der Waals surface area contributed by atoms with Gasteiger partial charge in [0.05, 0.1) is 6.61 Å². The molecule has 1 N–H and O–H groups in total. The van der Waals surface area contributed by atoms with E-state index in [9.17, 15) is 4.79 Å². The van der Waals surface area contributed by atoms with Gasteiger partial charge in [-0.3, -0.25) is 10.1 Å². The van der Waals surface area contributed by atoms with Gasteiger partial charge in [-0.1, -0.05) is 13.8 Å². The molecule has 2 rings (SSSR count). The third-order valence-electron chi connectivity index (χ3n) is 2.87. The molecule has 0 radical (unpaired) electrons. The molecule has 116 valence electrons. The minimum atomic E-state index is -0.504. The number of hydrogen-bond acceptors (Lipinski definition) is 6. The van der Waals surface area contributed by atoms with E-state index in [-0.39, 0.29) is 25.4 Å². The van der Waals surface area contributed by atoms with Crippen molar-refractivity contribution in [3.63, 3.8) is 0 Å². The highest BCUT2D eigenvalue weighted by Gasteiger charge is 2.22. The molecule has 1 aliphatic heterocycles. The zero-order chi connectivity index (χ0) is 15.2. The average molecular weight is 295 g/mol. The van der Waals surface area contributed by atoms with E-state index in [1.54, 1.807) is 25.1 Å². The number of esters is 1. The number of nitrogens with one attached hydrogen (secondary N) is 1. The summed E-state index contributed by atoms with van der Waals surface area (Å²) in [6, 6.07) is 4.97. The van der Waals surface area contributed by atoms with Gasteiger partial charge < -0.3 is 18.9 Å². The SMILES string of the molecule is CCOC(=O)C(COc1ccc2c(c1)OCO2)NC(C)C. The molecule has 0 fully saturated rings. The first-order valence-corrected chi connectivity index (χ1v) is 7.05. The molecule has 0 saturated carbocycles. The lowest BCUT2D eigenvalue weighted by molar-refractivity contribution is -0.146. The van der Waals surface area contributed by atoms with Crippen LogP contribution in [0, 0.1) is 0 Å². The van der Waals surface area contributed by atoms with Gasteiger partial charge in [0.25, 0.3) is 0 Å². The number of benzene rings is 1. The summed E-state index contributed by atoms with van der Waals surface area (Å²) in [5, 5.41) is 3.13. The molecule has 6 heteroatoms. The molecule has 1 atom stereocenters. The lowest BCUT2D eigenvalue weighted by Gasteiger charge is -2.20. The van der Waals surface area contributed by atoms with Crippen LogP contribution in [0.5, 0.6) is 17.2 Å². The van der Waals surface area contributed by atoms with Gasteiger partial charge in [0.2, 0.25) is 6.79 Å². The zero-order valence-electron chi connectivity index (χ0n) is 12.5. The molecule has 6 nitrogen and oxygen atoms in total. The monoisotopic (exact) mass is 295 g/mol. The summed E-state index contributed by atoms with van der Waals surface area (Å²) in [5.41, 5.74) is 0. The number of hydrogen-bond donors (Lipinski definition) is 1. The van der Waals surface area contributed by atoms with Crippen LogP contribution in [0.3, 0.4) is 0 Å². The second-order valence-corrected chi connectivity index (χ2v) is 4.95. The summed E-state index contributed by atoms with van der Waals surface area (Å²) in [4.78, 5) is 11.9. The number of ether oxygens (including phenoxy) is 4. The summed E-state index contributed by atoms with van der Waals surface area (Å²) in [6.07, 6.45) is 0. The molecule has 0 amide bonds. The highest BCUT2D eigenvalue weighted by atomic mass is 16.7. The van der Waals surface area contributed by atoms with Crippen molar-refractivity contribution in [2.24, 2.45) is 0 Å². The third-order valence-corrected chi connectivity index (χ3v) is 2.87. The Morgan fingerprint density at radius 3 is 2.81 bits per heavy atom. The minimum Gasteiger partial charge on any atom is -0.491 e. The highest BCUT2D eigenvalue weighted by molar-refractivity contribution is 5.76. The molecule has 1 aromatic rings. The van der Waals surface area contributed by atoms with E-state index < -0.39 is 6.04 Å². The minimum absolute atomic E-state index is 0.153. The normalized spacial score (nSPS) is 14.1. The van der Waals surface area contributed by atoms with Gasteiger partial charge in [-0.05, 0) is 19.1 Å². The largest absolute Gasteiger partial charge is 0.491 e. The maximum atomic E-state index is 11.9. The van der Waals surface area contributed by atoms with Crippen LogP contribution >= 0.6 is 0 Å². The molecule has 1 unspecified atom stereocenters. The molecular weight excluding hydrogens is 274 g/mol. The first-order chi connectivity index (χ1) is 10.1. The van der Waals surface area contributed by atoms with Crippen molar-refractivity contribution >= 4 is 5.97 Å². The number of carbonyl (C=O) groups excluding carboxylic acids is 1. The zero-order valence-corrected chi connectivity index (χ0v) is 12.5. The second kappa shape index (κ2) is 7.17. The standard InChI is InChI=1S/C15H21NO5/c1-4-18-15(17)12(16-10(2)3)8-19-11-5-6-13-14(7-11)21-9-20-13/h5-7,10,12,16H,4,8-9H2,1-3H3. The van der Waals surface area contributed by atoms with E-state index in [1.807, 2.05) is 13.8 Å². The lowest BCUT2D eigenvalue weighted by atomic mass is 10.2. The fraction of sp³-hybridized carbons (Fsp3) is 0.533. The van der Waals surface area contributed by atoms with Crippen molar-refractivity contribution < 1.29 is 23.7 Å². The fourth-order valence-corrected chi connectivity index (χ4v) is 1.98. The molecule has 21 heavy (non-hydrogen) atoms. The van der Waals surface area contributed by atoms with E-state index in [4.69, 9.17) is 18.9 Å². The predicted molar refractivity (Wildman–Crippen MR) is 76.8 cm³/mol. The van der Waals surface area contributed by atoms with Crippen LogP contribution in [0.1, 0.15) is 20.8 Å². The van der Waals surface area contributed by atoms with Crippen molar-refractivity contribution in [3.8, 4) is 17.2 Å². The van der Waals surface area contributed by atoms with Crippen LogP contribution in [0.15, 0.2) is 18.2 Å². The number of carbonyl (C=O) groups is 1. The Morgan fingerprint density at radius 1 is 1.33 bits per heavy atom. The topological polar surface area (TPSA) is 66.0 Å². The van der Waals surface area contributed by atoms with Gasteiger partial charge in [0.1, 0.15) is 18.4 Å². The molecule has 0 bridgehead atoms. The van der Waals surface area contributed by atoms with Crippen LogP contribution in [-0.4, -0.2) is 38.1 Å². The number of rotatable bonds is 7. The smallest absolute Gasteiger partial charge is 0.326 e. The Labute approximate surface area is 124 Å². The van der Waals surface area contributed by atoms with Gasteiger partial charge in [-0.25, -0.2) is 0 Å². The van der Waals surface area contributed by atoms with Gasteiger partial charge in [-0.15, -0.1) is 0 Å². The van der Waals surface area contributed by atoms with E-state index in [0.717, 1.165) is 0 Å². The lowest BCUT2D eigenvalue weighted by Crippen LogP contribution is -2.45. The molecule has 1 heterocycles. The number of fused-ring (bicyclic) bond motifs is 1. The molecule has 0 spiro atoms. The molecular formula is C15H21NO5. The maximum Gasteiger partial charge on any atom is 0.326 e. The van der Waals surface area contributed by atoms with Crippen LogP contribution in [0.2, 0.25) is 0 Å². The van der Waals surface area contributed by atoms with Gasteiger partial charge >= 0.3 is 5.97 Å². The summed E-state index contributed by atoms with van der Waals surface area (Å²) in [5.74, 6) is 1.66. The van der Waals surface area contributed by atoms with Crippen LogP contribution in [0.25, 0.3) is 0 Å². The molecule has 0 aliphatic carbocycles. The van der Waals surface area contributed by atoms with Gasteiger partial charge in [0.15, 0.2) is 11.5 Å². The van der Waals surface area contributed by atoms with Crippen molar-refractivity contribution in [2.45, 2.75) is 32.9 Å². The highest BCUT2D eigenvalue weighted by Crippen LogP contribution is 2.35. The van der Waals surface area contributed by atoms with Crippen molar-refractivity contribution in [1.29, 1.82) is 0 Å². The Balaban J connectivity index is 1.95. The Kier molecular flexibility index (Phi) is 5.27. The van der Waals surface area contributed by atoms with Crippen LogP contribution in [0.4, 0.5) is 0 Å². The molecule has 1 aliphatic rings. The summed E-state index contributed by atoms with van der Waals surface area (Å²) in [7, 11) is 0. The molecule has 0 aromatic heterocycles. The van der Waals surface area contributed by atoms with Crippen LogP contribution in [-0.2, 0) is 9.53 Å². The van der Waals surface area contributed by atoms with E-state index in [2.05, 4.69) is 5.32 Å². The second-order valence-electron chi connectivity index (χ2n) is 4.95. The first kappa shape index (κ1) is 15.4. The van der Waals surface area contributed by atoms with Gasteiger partial charge in [-0.2, -0.15) is 0 Å². The van der Waals surface area contributed by atoms with E-state index >= 15 is 0 Å². The molecule has 1 aromatic carbocycles. The summed E-state index contributed by atoms with van der Waals surface area (Å²) in [6.45, 7) is 6.47. The summed E-state index contributed by atoms with van der Waals surface area (Å²) < 4.78 is 21.2.